The Bertz CT molecular complexity index is 416. The van der Waals surface area contributed by atoms with Crippen molar-refractivity contribution >= 4 is 11.8 Å². The van der Waals surface area contributed by atoms with Gasteiger partial charge >= 0.3 is 0 Å². The first-order valence-corrected chi connectivity index (χ1v) is 5.23. The molecule has 1 fully saturated rings. The Hall–Kier alpha value is -1.68. The third kappa shape index (κ3) is 1.61. The number of carbonyl (C=O) groups is 2. The summed E-state index contributed by atoms with van der Waals surface area (Å²) < 4.78 is 5.46. The van der Waals surface area contributed by atoms with E-state index in [-0.39, 0.29) is 18.4 Å². The molecule has 0 aliphatic carbocycles. The first-order chi connectivity index (χ1) is 7.69. The maximum Gasteiger partial charge on any atom is 0.263 e. The molecule has 1 saturated heterocycles. The van der Waals surface area contributed by atoms with Crippen LogP contribution in [0.2, 0.25) is 0 Å². The summed E-state index contributed by atoms with van der Waals surface area (Å²) in [7, 11) is 0. The monoisotopic (exact) mass is 219 g/mol. The van der Waals surface area contributed by atoms with Crippen LogP contribution in [0.25, 0.3) is 0 Å². The van der Waals surface area contributed by atoms with Crippen molar-refractivity contribution in [3.63, 3.8) is 0 Å². The highest BCUT2D eigenvalue weighted by molar-refractivity contribution is 6.02. The molecule has 1 aromatic carbocycles. The largest absolute Gasteiger partial charge is 0.351 e. The van der Waals surface area contributed by atoms with E-state index in [1.165, 1.54) is 0 Å². The molecule has 1 heterocycles. The molecule has 2 amide bonds. The van der Waals surface area contributed by atoms with E-state index in [0.29, 0.717) is 6.42 Å². The molecule has 1 aromatic rings. The van der Waals surface area contributed by atoms with E-state index in [9.17, 15) is 9.59 Å². The predicted molar refractivity (Wildman–Crippen MR) is 57.5 cm³/mol. The predicted octanol–water partition coefficient (Wildman–Crippen LogP) is 0.965. The highest BCUT2D eigenvalue weighted by atomic mass is 16.5. The minimum Gasteiger partial charge on any atom is -0.351 e. The number of nitrogens with one attached hydrogen (secondary N) is 1. The smallest absolute Gasteiger partial charge is 0.263 e. The van der Waals surface area contributed by atoms with E-state index in [0.717, 1.165) is 5.56 Å². The van der Waals surface area contributed by atoms with Crippen LogP contribution in [0.3, 0.4) is 0 Å². The summed E-state index contributed by atoms with van der Waals surface area (Å²) in [6, 6.07) is 9.23. The molecule has 4 nitrogen and oxygen atoms in total. The van der Waals surface area contributed by atoms with Crippen LogP contribution < -0.4 is 5.32 Å². The number of carbonyl (C=O) groups excluding carboxylic acids is 2. The summed E-state index contributed by atoms with van der Waals surface area (Å²) in [6.07, 6.45) is 0.496. The average molecular weight is 219 g/mol. The van der Waals surface area contributed by atoms with Crippen LogP contribution in [0.4, 0.5) is 0 Å². The summed E-state index contributed by atoms with van der Waals surface area (Å²) in [5.74, 6) is -0.762. The summed E-state index contributed by atoms with van der Waals surface area (Å²) in [5.41, 5.74) is -0.239. The fourth-order valence-corrected chi connectivity index (χ4v) is 1.91. The van der Waals surface area contributed by atoms with Crippen LogP contribution in [0.5, 0.6) is 0 Å². The lowest BCUT2D eigenvalue weighted by atomic mass is 9.89. The van der Waals surface area contributed by atoms with Crippen molar-refractivity contribution in [2.45, 2.75) is 18.9 Å². The Morgan fingerprint density at radius 2 is 2.00 bits per heavy atom. The second-order valence-corrected chi connectivity index (χ2v) is 3.71. The topological polar surface area (TPSA) is 55.4 Å². The molecule has 4 heteroatoms. The van der Waals surface area contributed by atoms with Crippen molar-refractivity contribution in [2.24, 2.45) is 0 Å². The zero-order chi connectivity index (χ0) is 11.6. The first kappa shape index (κ1) is 10.8. The van der Waals surface area contributed by atoms with Gasteiger partial charge in [0.25, 0.3) is 11.8 Å². The molecule has 1 atom stereocenters. The van der Waals surface area contributed by atoms with Crippen LogP contribution in [-0.4, -0.2) is 18.4 Å². The van der Waals surface area contributed by atoms with Gasteiger partial charge in [0.1, 0.15) is 6.61 Å². The molecule has 1 unspecified atom stereocenters. The minimum absolute atomic E-state index is 0.0749. The first-order valence-electron chi connectivity index (χ1n) is 5.23. The van der Waals surface area contributed by atoms with E-state index in [4.69, 9.17) is 4.74 Å². The number of ether oxygens (including phenoxy) is 1. The third-order valence-corrected chi connectivity index (χ3v) is 2.81. The van der Waals surface area contributed by atoms with Crippen molar-refractivity contribution in [1.82, 2.24) is 5.32 Å². The standard InChI is InChI=1S/C12H13NO3/c1-2-12(9-6-4-3-5-7-9)11(15)13-10(14)8-16-12/h3-7H,2,8H2,1H3,(H,13,14,15). The number of imide groups is 1. The zero-order valence-corrected chi connectivity index (χ0v) is 9.03. The molecule has 1 N–H and O–H groups in total. The van der Waals surface area contributed by atoms with Crippen molar-refractivity contribution < 1.29 is 14.3 Å². The molecule has 0 aromatic heterocycles. The molecule has 16 heavy (non-hydrogen) atoms. The van der Waals surface area contributed by atoms with Crippen LogP contribution in [0.15, 0.2) is 30.3 Å². The van der Waals surface area contributed by atoms with Gasteiger partial charge in [-0.3, -0.25) is 14.9 Å². The number of rotatable bonds is 2. The number of amides is 2. The second-order valence-electron chi connectivity index (χ2n) is 3.71. The lowest BCUT2D eigenvalue weighted by Crippen LogP contribution is -2.55. The number of benzene rings is 1. The Morgan fingerprint density at radius 1 is 1.31 bits per heavy atom. The molecular weight excluding hydrogens is 206 g/mol. The molecular formula is C12H13NO3. The van der Waals surface area contributed by atoms with Crippen LogP contribution in [0, 0.1) is 0 Å². The molecule has 0 spiro atoms. The number of hydrogen-bond donors (Lipinski definition) is 1. The fourth-order valence-electron chi connectivity index (χ4n) is 1.91. The molecule has 0 radical (unpaired) electrons. The van der Waals surface area contributed by atoms with Gasteiger partial charge in [-0.05, 0) is 12.0 Å². The van der Waals surface area contributed by atoms with E-state index in [1.54, 1.807) is 0 Å². The fraction of sp³-hybridized carbons (Fsp3) is 0.333. The van der Waals surface area contributed by atoms with E-state index < -0.39 is 5.60 Å². The molecule has 84 valence electrons. The van der Waals surface area contributed by atoms with E-state index in [2.05, 4.69) is 5.32 Å². The van der Waals surface area contributed by atoms with E-state index >= 15 is 0 Å². The van der Waals surface area contributed by atoms with Gasteiger partial charge < -0.3 is 4.74 Å². The maximum absolute atomic E-state index is 11.9. The zero-order valence-electron chi connectivity index (χ0n) is 9.03. The molecule has 1 aliphatic rings. The van der Waals surface area contributed by atoms with E-state index in [1.807, 2.05) is 37.3 Å². The van der Waals surface area contributed by atoms with Gasteiger partial charge in [0, 0.05) is 0 Å². The Kier molecular flexibility index (Phi) is 2.75. The number of morpholine rings is 1. The summed E-state index contributed by atoms with van der Waals surface area (Å²) in [6.45, 7) is 1.79. The van der Waals surface area contributed by atoms with Gasteiger partial charge in [-0.1, -0.05) is 37.3 Å². The van der Waals surface area contributed by atoms with Crippen LogP contribution in [-0.2, 0) is 19.9 Å². The molecule has 2 rings (SSSR count). The Morgan fingerprint density at radius 3 is 2.56 bits per heavy atom. The molecule has 1 aliphatic heterocycles. The van der Waals surface area contributed by atoms with Crippen molar-refractivity contribution in [3.05, 3.63) is 35.9 Å². The lowest BCUT2D eigenvalue weighted by Gasteiger charge is -2.34. The SMILES string of the molecule is CCC1(c2ccccc2)OCC(=O)NC1=O. The Labute approximate surface area is 93.6 Å². The van der Waals surface area contributed by atoms with Crippen molar-refractivity contribution in [3.8, 4) is 0 Å². The van der Waals surface area contributed by atoms with Crippen molar-refractivity contribution in [2.75, 3.05) is 6.61 Å². The van der Waals surface area contributed by atoms with Gasteiger partial charge in [0.2, 0.25) is 0 Å². The van der Waals surface area contributed by atoms with Gasteiger partial charge in [-0.2, -0.15) is 0 Å². The maximum atomic E-state index is 11.9. The van der Waals surface area contributed by atoms with Crippen LogP contribution >= 0.6 is 0 Å². The van der Waals surface area contributed by atoms with Gasteiger partial charge in [-0.15, -0.1) is 0 Å². The van der Waals surface area contributed by atoms with Crippen molar-refractivity contribution in [1.29, 1.82) is 0 Å². The number of hydrogen-bond acceptors (Lipinski definition) is 3. The highest BCUT2D eigenvalue weighted by Gasteiger charge is 2.44. The molecule has 0 saturated carbocycles. The normalized spacial score (nSPS) is 25.3. The highest BCUT2D eigenvalue weighted by Crippen LogP contribution is 2.31. The third-order valence-electron chi connectivity index (χ3n) is 2.81. The minimum atomic E-state index is -1.02. The summed E-state index contributed by atoms with van der Waals surface area (Å²) in [5, 5.41) is 2.32. The van der Waals surface area contributed by atoms with Crippen LogP contribution in [0.1, 0.15) is 18.9 Å². The van der Waals surface area contributed by atoms with Gasteiger partial charge in [0.05, 0.1) is 0 Å². The average Bonchev–Trinajstić information content (AvgIpc) is 2.31. The van der Waals surface area contributed by atoms with Gasteiger partial charge in [0.15, 0.2) is 5.60 Å². The molecule has 0 bridgehead atoms. The quantitative estimate of drug-likeness (QED) is 0.754. The Balaban J connectivity index is 2.40. The lowest BCUT2D eigenvalue weighted by molar-refractivity contribution is -0.166. The second kappa shape index (κ2) is 4.06. The summed E-state index contributed by atoms with van der Waals surface area (Å²) in [4.78, 5) is 23.0. The van der Waals surface area contributed by atoms with Gasteiger partial charge in [-0.25, -0.2) is 0 Å². The summed E-state index contributed by atoms with van der Waals surface area (Å²) >= 11 is 0.